The summed E-state index contributed by atoms with van der Waals surface area (Å²) in [6, 6.07) is 20.0. The van der Waals surface area contributed by atoms with Gasteiger partial charge in [0.05, 0.1) is 72.7 Å². The Hall–Kier alpha value is -2.00. The number of allylic oxidation sites excluding steroid dienone is 1. The van der Waals surface area contributed by atoms with E-state index < -0.39 is 24.4 Å². The van der Waals surface area contributed by atoms with Crippen LogP contribution in [0.1, 0.15) is 179 Å². The molecule has 0 spiro atoms. The molecule has 8 rings (SSSR count). The first-order chi connectivity index (χ1) is 36.7. The van der Waals surface area contributed by atoms with Crippen molar-refractivity contribution in [1.29, 1.82) is 0 Å². The summed E-state index contributed by atoms with van der Waals surface area (Å²) in [5, 5.41) is 109. The van der Waals surface area contributed by atoms with E-state index in [4.69, 9.17) is 20.4 Å². The minimum absolute atomic E-state index is 0. The number of azo groups is 2. The second-order valence-electron chi connectivity index (χ2n) is 21.6. The Labute approximate surface area is 513 Å². The largest absolute Gasteiger partial charge is 2.00 e. The van der Waals surface area contributed by atoms with Gasteiger partial charge < -0.3 is 68.3 Å². The number of hydrogen-bond donors (Lipinski definition) is 8. The summed E-state index contributed by atoms with van der Waals surface area (Å²) in [6.45, 7) is 13.3. The van der Waals surface area contributed by atoms with Crippen molar-refractivity contribution < 1.29 is 92.1 Å². The molecule has 2 aliphatic carbocycles. The molecule has 2 radical (unpaired) electrons. The third-order valence-electron chi connectivity index (χ3n) is 14.3. The molecule has 2 aromatic rings. The molecule has 0 aromatic heterocycles. The minimum atomic E-state index is -0.550. The van der Waals surface area contributed by atoms with Crippen molar-refractivity contribution in [3.63, 3.8) is 0 Å². The standard InChI is InChI=1S/C10H18N4.C10H14N4.2C10H20O2.2C10H14O2.3Cu.H2N/c2*1-5-11-6-2-9(1)13-14-10-3-7-12-8-4-10;4*1-8(11)7-10(12)9-5-3-2-4-6-9;;;;/h9-10H,1-8H2;1-2,5,10H,3-4,6-8H2;2*8-12H,2-7H2,1H3;2*2-6,8,10-12H,7H2,1H3;;;;1H2/q2*-2;;;;;+1;2*+2;-1. The van der Waals surface area contributed by atoms with Crippen LogP contribution in [0.25, 0.3) is 27.4 Å². The van der Waals surface area contributed by atoms with Crippen molar-refractivity contribution in [2.75, 3.05) is 45.8 Å². The molecule has 2 aromatic carbocycles. The fraction of sp³-hybridized carbons (Fsp3) is 0.733. The second-order valence-corrected chi connectivity index (χ2v) is 21.6. The Morgan fingerprint density at radius 3 is 1.07 bits per heavy atom. The molecule has 3 saturated heterocycles. The first-order valence-electron chi connectivity index (χ1n) is 29.0. The zero-order chi connectivity index (χ0) is 55.2. The van der Waals surface area contributed by atoms with Crippen molar-refractivity contribution in [3.8, 4) is 0 Å². The van der Waals surface area contributed by atoms with Gasteiger partial charge in [-0.05, 0) is 128 Å². The Morgan fingerprint density at radius 2 is 0.775 bits per heavy atom. The second kappa shape index (κ2) is 50.3. The number of rotatable bonds is 16. The van der Waals surface area contributed by atoms with Gasteiger partial charge in [-0.1, -0.05) is 111 Å². The fourth-order valence-corrected chi connectivity index (χ4v) is 9.76. The van der Waals surface area contributed by atoms with Crippen LogP contribution in [-0.4, -0.2) is 141 Å². The molecule has 10 N–H and O–H groups in total. The van der Waals surface area contributed by atoms with Crippen LogP contribution in [0.5, 0.6) is 0 Å². The predicted octanol–water partition coefficient (Wildman–Crippen LogP) is 12.4. The van der Waals surface area contributed by atoms with E-state index in [1.165, 1.54) is 38.5 Å². The molecule has 6 aliphatic rings. The molecule has 80 heavy (non-hydrogen) atoms. The normalized spacial score (nSPS) is 21.1. The minimum Gasteiger partial charge on any atom is -0.693 e. The van der Waals surface area contributed by atoms with Crippen molar-refractivity contribution in [2.45, 2.75) is 223 Å². The van der Waals surface area contributed by atoms with Crippen molar-refractivity contribution >= 4 is 0 Å². The molecule has 0 amide bonds. The van der Waals surface area contributed by atoms with Crippen molar-refractivity contribution in [3.05, 3.63) is 123 Å². The Morgan fingerprint density at radius 1 is 0.450 bits per heavy atom. The van der Waals surface area contributed by atoms with Crippen molar-refractivity contribution in [2.24, 2.45) is 32.3 Å². The van der Waals surface area contributed by atoms with E-state index in [-0.39, 0.29) is 81.8 Å². The van der Waals surface area contributed by atoms with Crippen LogP contribution < -0.4 is 0 Å². The predicted molar refractivity (Wildman–Crippen MR) is 312 cm³/mol. The van der Waals surface area contributed by atoms with Gasteiger partial charge in [-0.25, -0.2) is 0 Å². The third kappa shape index (κ3) is 39.5. The Bertz CT molecular complexity index is 1710. The number of aliphatic hydroxyl groups is 8. The molecule has 17 nitrogen and oxygen atoms in total. The van der Waals surface area contributed by atoms with E-state index in [0.29, 0.717) is 55.6 Å². The maximum atomic E-state index is 9.68. The number of benzene rings is 2. The van der Waals surface area contributed by atoms with Crippen LogP contribution in [-0.2, 0) is 51.2 Å². The monoisotopic (exact) mass is 1270 g/mol. The summed E-state index contributed by atoms with van der Waals surface area (Å²) in [4.78, 5) is 0. The van der Waals surface area contributed by atoms with E-state index in [2.05, 4.69) is 41.7 Å². The molecule has 468 valence electrons. The van der Waals surface area contributed by atoms with Crippen LogP contribution in [0.4, 0.5) is 0 Å². The van der Waals surface area contributed by atoms with Gasteiger partial charge in [0.25, 0.3) is 0 Å². The van der Waals surface area contributed by atoms with E-state index in [0.717, 1.165) is 127 Å². The van der Waals surface area contributed by atoms with Gasteiger partial charge in [0, 0.05) is 12.8 Å². The number of nitrogens with zero attached hydrogens (tertiary/aromatic N) is 8. The van der Waals surface area contributed by atoms with Gasteiger partial charge in [0.1, 0.15) is 0 Å². The fourth-order valence-electron chi connectivity index (χ4n) is 9.76. The van der Waals surface area contributed by atoms with E-state index >= 15 is 0 Å². The summed E-state index contributed by atoms with van der Waals surface area (Å²) in [6.07, 6.45) is 23.0. The summed E-state index contributed by atoms with van der Waals surface area (Å²) in [5.41, 5.74) is 2.65. The number of piperidine rings is 3. The zero-order valence-electron chi connectivity index (χ0n) is 48.2. The van der Waals surface area contributed by atoms with Crippen LogP contribution in [0.2, 0.25) is 0 Å². The van der Waals surface area contributed by atoms with E-state index in [1.807, 2.05) is 72.8 Å². The van der Waals surface area contributed by atoms with Gasteiger partial charge in [0.15, 0.2) is 0 Å². The summed E-state index contributed by atoms with van der Waals surface area (Å²) >= 11 is 0. The molecule has 5 fully saturated rings. The van der Waals surface area contributed by atoms with Crippen molar-refractivity contribution in [1.82, 2.24) is 0 Å². The SMILES string of the molecule is C1=CC(N=NC2CC[N-]CC2)=CC[N-]1.C1CC(N=NC2CC[N-]CC2)CC[N-]1.CC(O)CC(O)C1CCCCC1.CC(O)CC(O)C1CCCCC1.CC(O)CC(O)c1ccccc1.CC(O)CC(O)c1ccccc1.[Cu+2].[Cu+2].[Cu+].[NH2-]. The Kier molecular flexibility index (Phi) is 50.4. The topological polar surface area (TPSA) is 301 Å². The quantitative estimate of drug-likeness (QED) is 0.0589. The zero-order valence-corrected chi connectivity index (χ0v) is 51.1. The first kappa shape index (κ1) is 80.1. The first-order valence-corrected chi connectivity index (χ1v) is 29.0. The summed E-state index contributed by atoms with van der Waals surface area (Å²) < 4.78 is 0. The Balaban J connectivity index is 0. The smallest absolute Gasteiger partial charge is 0.693 e. The number of nitrogens with two attached hydrogens (primary N) is 1. The molecule has 4 heterocycles. The molecule has 20 heteroatoms. The van der Waals surface area contributed by atoms with Gasteiger partial charge in [0.2, 0.25) is 0 Å². The molecule has 8 unspecified atom stereocenters. The molecule has 8 atom stereocenters. The van der Waals surface area contributed by atoms with Crippen LogP contribution in [0.15, 0.2) is 105 Å². The van der Waals surface area contributed by atoms with Gasteiger partial charge >= 0.3 is 51.2 Å². The van der Waals surface area contributed by atoms with E-state index in [1.54, 1.807) is 33.9 Å². The molecule has 0 bridgehead atoms. The summed E-state index contributed by atoms with van der Waals surface area (Å²) in [7, 11) is 0. The third-order valence-corrected chi connectivity index (χ3v) is 14.3. The average Bonchev–Trinajstić information content (AvgIpc) is 3.44. The van der Waals surface area contributed by atoms with E-state index in [9.17, 15) is 20.4 Å². The summed E-state index contributed by atoms with van der Waals surface area (Å²) in [5.74, 6) is 0.904. The van der Waals surface area contributed by atoms with Gasteiger partial charge in [-0.15, -0.1) is 45.8 Å². The molecular weight excluding hydrogens is 1170 g/mol. The number of hydrogen-bond acceptors (Lipinski definition) is 12. The van der Waals surface area contributed by atoms with Crippen LogP contribution in [0, 0.1) is 11.8 Å². The van der Waals surface area contributed by atoms with Crippen LogP contribution >= 0.6 is 0 Å². The van der Waals surface area contributed by atoms with Gasteiger partial charge in [-0.3, -0.25) is 0 Å². The maximum absolute atomic E-state index is 9.68. The average molecular weight is 1270 g/mol. The molecular formula is C60H102Cu3N9O8. The molecule has 2 saturated carbocycles. The molecule has 4 aliphatic heterocycles. The van der Waals surface area contributed by atoms with Crippen LogP contribution in [0.3, 0.4) is 0 Å². The number of aliphatic hydroxyl groups excluding tert-OH is 8. The maximum Gasteiger partial charge on any atom is 2.00 e. The van der Waals surface area contributed by atoms with Gasteiger partial charge in [-0.2, -0.15) is 26.7 Å².